The Hall–Kier alpha value is -2.46. The number of amides is 1. The Morgan fingerprint density at radius 1 is 1.04 bits per heavy atom. The van der Waals surface area contributed by atoms with E-state index < -0.39 is 0 Å². The third-order valence-electron chi connectivity index (χ3n) is 4.32. The highest BCUT2D eigenvalue weighted by atomic mass is 35.5. The SMILES string of the molecule is O=C(c1cc(-c2ccccn2)nc2ccc(Cl)cc12)N1CCCC1. The molecule has 0 spiro atoms. The van der Waals surface area contributed by atoms with Crippen LogP contribution >= 0.6 is 11.6 Å². The van der Waals surface area contributed by atoms with E-state index in [9.17, 15) is 4.79 Å². The van der Waals surface area contributed by atoms with Gasteiger partial charge in [0.15, 0.2) is 0 Å². The van der Waals surface area contributed by atoms with Crippen molar-refractivity contribution in [2.75, 3.05) is 13.1 Å². The first kappa shape index (κ1) is 15.1. The number of rotatable bonds is 2. The molecule has 3 heterocycles. The van der Waals surface area contributed by atoms with Crippen LogP contribution in [0.25, 0.3) is 22.3 Å². The maximum absolute atomic E-state index is 13.0. The smallest absolute Gasteiger partial charge is 0.254 e. The lowest BCUT2D eigenvalue weighted by molar-refractivity contribution is 0.0794. The predicted molar refractivity (Wildman–Crippen MR) is 95.1 cm³/mol. The minimum Gasteiger partial charge on any atom is -0.339 e. The second kappa shape index (κ2) is 6.21. The van der Waals surface area contributed by atoms with Crippen LogP contribution in [-0.2, 0) is 0 Å². The molecule has 0 aliphatic carbocycles. The third-order valence-corrected chi connectivity index (χ3v) is 4.56. The van der Waals surface area contributed by atoms with Crippen molar-refractivity contribution in [3.05, 3.63) is 59.2 Å². The zero-order valence-corrected chi connectivity index (χ0v) is 13.8. The average molecular weight is 338 g/mol. The molecule has 0 unspecified atom stereocenters. The summed E-state index contributed by atoms with van der Waals surface area (Å²) < 4.78 is 0. The van der Waals surface area contributed by atoms with E-state index in [0.717, 1.165) is 42.5 Å². The summed E-state index contributed by atoms with van der Waals surface area (Å²) >= 11 is 6.15. The molecule has 3 aromatic rings. The van der Waals surface area contributed by atoms with Crippen molar-refractivity contribution in [1.82, 2.24) is 14.9 Å². The molecule has 4 nitrogen and oxygen atoms in total. The second-order valence-corrected chi connectivity index (χ2v) is 6.37. The topological polar surface area (TPSA) is 46.1 Å². The molecule has 4 rings (SSSR count). The first-order valence-electron chi connectivity index (χ1n) is 8.03. The molecule has 2 aromatic heterocycles. The van der Waals surface area contributed by atoms with Crippen LogP contribution in [0.4, 0.5) is 0 Å². The highest BCUT2D eigenvalue weighted by molar-refractivity contribution is 6.31. The van der Waals surface area contributed by atoms with Crippen molar-refractivity contribution < 1.29 is 4.79 Å². The molecule has 1 saturated heterocycles. The van der Waals surface area contributed by atoms with Gasteiger partial charge in [0, 0.05) is 29.7 Å². The van der Waals surface area contributed by atoms with Crippen LogP contribution in [0.3, 0.4) is 0 Å². The fourth-order valence-corrected chi connectivity index (χ4v) is 3.28. The van der Waals surface area contributed by atoms with Crippen molar-refractivity contribution >= 4 is 28.4 Å². The maximum Gasteiger partial charge on any atom is 0.254 e. The van der Waals surface area contributed by atoms with Gasteiger partial charge in [-0.25, -0.2) is 4.98 Å². The van der Waals surface area contributed by atoms with Gasteiger partial charge in [-0.2, -0.15) is 0 Å². The van der Waals surface area contributed by atoms with Gasteiger partial charge in [0.1, 0.15) is 0 Å². The Morgan fingerprint density at radius 3 is 2.62 bits per heavy atom. The zero-order valence-electron chi connectivity index (χ0n) is 13.1. The van der Waals surface area contributed by atoms with Gasteiger partial charge in [-0.3, -0.25) is 9.78 Å². The summed E-state index contributed by atoms with van der Waals surface area (Å²) in [5.41, 5.74) is 2.85. The molecule has 0 atom stereocenters. The Balaban J connectivity index is 1.91. The first-order valence-corrected chi connectivity index (χ1v) is 8.41. The van der Waals surface area contributed by atoms with E-state index >= 15 is 0 Å². The molecule has 5 heteroatoms. The fourth-order valence-electron chi connectivity index (χ4n) is 3.11. The number of fused-ring (bicyclic) bond motifs is 1. The largest absolute Gasteiger partial charge is 0.339 e. The molecular weight excluding hydrogens is 322 g/mol. The molecule has 24 heavy (non-hydrogen) atoms. The van der Waals surface area contributed by atoms with Gasteiger partial charge in [-0.05, 0) is 49.2 Å². The molecule has 0 saturated carbocycles. The van der Waals surface area contributed by atoms with Crippen LogP contribution in [0.2, 0.25) is 5.02 Å². The van der Waals surface area contributed by atoms with E-state index in [4.69, 9.17) is 11.6 Å². The standard InChI is InChI=1S/C19H16ClN3O/c20-13-6-7-16-14(11-13)15(19(24)23-9-3-4-10-23)12-18(22-16)17-5-1-2-8-21-17/h1-2,5-8,11-12H,3-4,9-10H2. The summed E-state index contributed by atoms with van der Waals surface area (Å²) in [5, 5.41) is 1.39. The van der Waals surface area contributed by atoms with Crippen molar-refractivity contribution in [2.45, 2.75) is 12.8 Å². The monoisotopic (exact) mass is 337 g/mol. The summed E-state index contributed by atoms with van der Waals surface area (Å²) in [4.78, 5) is 23.9. The number of benzene rings is 1. The molecule has 1 aliphatic rings. The normalized spacial score (nSPS) is 14.3. The number of pyridine rings is 2. The summed E-state index contributed by atoms with van der Waals surface area (Å²) in [6.45, 7) is 1.62. The summed E-state index contributed by atoms with van der Waals surface area (Å²) in [7, 11) is 0. The van der Waals surface area contributed by atoms with E-state index in [1.165, 1.54) is 0 Å². The lowest BCUT2D eigenvalue weighted by atomic mass is 10.0. The number of carbonyl (C=O) groups excluding carboxylic acids is 1. The van der Waals surface area contributed by atoms with Crippen molar-refractivity contribution in [3.63, 3.8) is 0 Å². The average Bonchev–Trinajstić information content (AvgIpc) is 3.15. The first-order chi connectivity index (χ1) is 11.7. The highest BCUT2D eigenvalue weighted by Crippen LogP contribution is 2.28. The van der Waals surface area contributed by atoms with Crippen LogP contribution in [0.15, 0.2) is 48.7 Å². The van der Waals surface area contributed by atoms with Crippen LogP contribution in [0.5, 0.6) is 0 Å². The molecule has 0 radical (unpaired) electrons. The number of carbonyl (C=O) groups is 1. The Labute approximate surface area is 145 Å². The minimum atomic E-state index is 0.0411. The van der Waals surface area contributed by atoms with Gasteiger partial charge in [-0.1, -0.05) is 17.7 Å². The maximum atomic E-state index is 13.0. The van der Waals surface area contributed by atoms with Crippen molar-refractivity contribution in [2.24, 2.45) is 0 Å². The van der Waals surface area contributed by atoms with Gasteiger partial charge in [0.25, 0.3) is 5.91 Å². The van der Waals surface area contributed by atoms with E-state index in [2.05, 4.69) is 9.97 Å². The van der Waals surface area contributed by atoms with Crippen molar-refractivity contribution in [3.8, 4) is 11.4 Å². The number of nitrogens with zero attached hydrogens (tertiary/aromatic N) is 3. The minimum absolute atomic E-state index is 0.0411. The van der Waals surface area contributed by atoms with Crippen LogP contribution in [0, 0.1) is 0 Å². The number of likely N-dealkylation sites (tertiary alicyclic amines) is 1. The third kappa shape index (κ3) is 2.74. The molecular formula is C19H16ClN3O. The Kier molecular flexibility index (Phi) is 3.90. The summed E-state index contributed by atoms with van der Waals surface area (Å²) in [5.74, 6) is 0.0411. The molecule has 120 valence electrons. The van der Waals surface area contributed by atoms with E-state index in [-0.39, 0.29) is 5.91 Å². The van der Waals surface area contributed by atoms with E-state index in [0.29, 0.717) is 16.3 Å². The lowest BCUT2D eigenvalue weighted by Gasteiger charge is -2.17. The second-order valence-electron chi connectivity index (χ2n) is 5.93. The van der Waals surface area contributed by atoms with Gasteiger partial charge in [-0.15, -0.1) is 0 Å². The molecule has 0 bridgehead atoms. The molecule has 1 amide bonds. The number of halogens is 1. The molecule has 0 N–H and O–H groups in total. The Morgan fingerprint density at radius 2 is 1.88 bits per heavy atom. The summed E-state index contributed by atoms with van der Waals surface area (Å²) in [6, 6.07) is 13.0. The van der Waals surface area contributed by atoms with Gasteiger partial charge >= 0.3 is 0 Å². The summed E-state index contributed by atoms with van der Waals surface area (Å²) in [6.07, 6.45) is 3.84. The molecule has 1 aliphatic heterocycles. The predicted octanol–water partition coefficient (Wildman–Crippen LogP) is 4.19. The van der Waals surface area contributed by atoms with Crippen molar-refractivity contribution in [1.29, 1.82) is 0 Å². The number of aromatic nitrogens is 2. The molecule has 1 aromatic carbocycles. The van der Waals surface area contributed by atoms with Crippen LogP contribution < -0.4 is 0 Å². The van der Waals surface area contributed by atoms with E-state index in [1.807, 2.05) is 41.3 Å². The highest BCUT2D eigenvalue weighted by Gasteiger charge is 2.22. The lowest BCUT2D eigenvalue weighted by Crippen LogP contribution is -2.27. The van der Waals surface area contributed by atoms with E-state index in [1.54, 1.807) is 12.3 Å². The quantitative estimate of drug-likeness (QED) is 0.704. The van der Waals surface area contributed by atoms with Crippen LogP contribution in [0.1, 0.15) is 23.2 Å². The van der Waals surface area contributed by atoms with Gasteiger partial charge in [0.05, 0.1) is 22.5 Å². The Bertz CT molecular complexity index is 905. The van der Waals surface area contributed by atoms with Gasteiger partial charge < -0.3 is 4.90 Å². The molecule has 1 fully saturated rings. The number of hydrogen-bond donors (Lipinski definition) is 0. The zero-order chi connectivity index (χ0) is 16.5. The van der Waals surface area contributed by atoms with Gasteiger partial charge in [0.2, 0.25) is 0 Å². The van der Waals surface area contributed by atoms with Crippen LogP contribution in [-0.4, -0.2) is 33.9 Å². The number of hydrogen-bond acceptors (Lipinski definition) is 3. The fraction of sp³-hybridized carbons (Fsp3) is 0.211.